The van der Waals surface area contributed by atoms with Crippen LogP contribution in [0.1, 0.15) is 36.0 Å². The molecule has 29 heavy (non-hydrogen) atoms. The number of aromatic nitrogens is 3. The van der Waals surface area contributed by atoms with E-state index in [1.54, 1.807) is 44.2 Å². The molecule has 0 amide bonds. The molecule has 0 saturated heterocycles. The first-order chi connectivity index (χ1) is 13.8. The molecule has 0 spiro atoms. The monoisotopic (exact) mass is 432 g/mol. The fraction of sp³-hybridized carbons (Fsp3) is 0.200. The maximum Gasteiger partial charge on any atom is 0.256 e. The van der Waals surface area contributed by atoms with Crippen LogP contribution >= 0.6 is 23.2 Å². The third-order valence-electron chi connectivity index (χ3n) is 4.01. The van der Waals surface area contributed by atoms with Crippen LogP contribution in [-0.2, 0) is 0 Å². The van der Waals surface area contributed by atoms with E-state index in [9.17, 15) is 10.0 Å². The van der Waals surface area contributed by atoms with E-state index in [4.69, 9.17) is 27.9 Å². The second kappa shape index (κ2) is 9.07. The van der Waals surface area contributed by atoms with Crippen LogP contribution in [0, 0.1) is 5.21 Å². The minimum Gasteiger partial charge on any atom is -0.624 e. The number of nitrogens with zero attached hydrogens (tertiary/aromatic N) is 4. The van der Waals surface area contributed by atoms with Crippen LogP contribution in [0.4, 0.5) is 0 Å². The molecular formula is C20H18Cl2N4O3. The number of rotatable bonds is 7. The number of hydrogen-bond acceptors (Lipinski definition) is 5. The van der Waals surface area contributed by atoms with Gasteiger partial charge in [0.2, 0.25) is 5.78 Å². The van der Waals surface area contributed by atoms with Crippen molar-refractivity contribution >= 4 is 35.2 Å². The van der Waals surface area contributed by atoms with Crippen molar-refractivity contribution in [3.8, 4) is 5.75 Å². The highest BCUT2D eigenvalue weighted by atomic mass is 35.5. The number of Topliss-reactive ketones (excluding diaryl/α,β-unsaturated/α-hetero) is 1. The lowest BCUT2D eigenvalue weighted by atomic mass is 10.1. The molecule has 0 radical (unpaired) electrons. The summed E-state index contributed by atoms with van der Waals surface area (Å²) in [6.45, 7) is 3.61. The molecule has 3 rings (SSSR count). The molecule has 150 valence electrons. The molecule has 0 bridgehead atoms. The second-order valence-corrected chi connectivity index (χ2v) is 7.33. The molecule has 1 aromatic heterocycles. The Morgan fingerprint density at radius 2 is 1.93 bits per heavy atom. The standard InChI is InChI=1S/C20H18Cl2N4O3/c1-13(2)26(28)10-14-3-6-16(7-4-14)29-20(25-12-23-11-24-25)19(27)17-8-5-15(21)9-18(17)22/h3-13,20H,1-2H3/b26-10-. The van der Waals surface area contributed by atoms with Crippen LogP contribution in [0.25, 0.3) is 0 Å². The summed E-state index contributed by atoms with van der Waals surface area (Å²) in [4.78, 5) is 17.0. The van der Waals surface area contributed by atoms with E-state index in [0.717, 1.165) is 4.74 Å². The van der Waals surface area contributed by atoms with Crippen molar-refractivity contribution in [3.05, 3.63) is 81.5 Å². The predicted octanol–water partition coefficient (Wildman–Crippen LogP) is 4.38. The Labute approximate surface area is 177 Å². The third-order valence-corrected chi connectivity index (χ3v) is 4.56. The highest BCUT2D eigenvalue weighted by Gasteiger charge is 2.26. The quantitative estimate of drug-likeness (QED) is 0.182. The lowest BCUT2D eigenvalue weighted by molar-refractivity contribution is -0.487. The van der Waals surface area contributed by atoms with E-state index >= 15 is 0 Å². The normalized spacial score (nSPS) is 12.8. The maximum absolute atomic E-state index is 13.1. The van der Waals surface area contributed by atoms with Crippen molar-refractivity contribution in [1.29, 1.82) is 0 Å². The molecule has 2 aromatic carbocycles. The van der Waals surface area contributed by atoms with E-state index in [2.05, 4.69) is 10.1 Å². The average molecular weight is 433 g/mol. The number of hydrogen-bond donors (Lipinski definition) is 0. The topological polar surface area (TPSA) is 83.1 Å². The molecule has 0 fully saturated rings. The number of halogens is 2. The Bertz CT molecular complexity index is 1020. The summed E-state index contributed by atoms with van der Waals surface area (Å²) in [7, 11) is 0. The number of ether oxygens (including phenoxy) is 1. The van der Waals surface area contributed by atoms with Gasteiger partial charge >= 0.3 is 0 Å². The fourth-order valence-corrected chi connectivity index (χ4v) is 2.95. The Hall–Kier alpha value is -2.90. The summed E-state index contributed by atoms with van der Waals surface area (Å²) >= 11 is 12.1. The largest absolute Gasteiger partial charge is 0.624 e. The number of ketones is 1. The van der Waals surface area contributed by atoms with Crippen LogP contribution < -0.4 is 4.74 Å². The second-order valence-electron chi connectivity index (χ2n) is 6.49. The zero-order valence-electron chi connectivity index (χ0n) is 15.7. The van der Waals surface area contributed by atoms with Crippen LogP contribution in [-0.4, -0.2) is 37.5 Å². The summed E-state index contributed by atoms with van der Waals surface area (Å²) in [6, 6.07) is 11.2. The van der Waals surface area contributed by atoms with E-state index in [1.807, 2.05) is 0 Å². The number of hydroxylamine groups is 1. The molecule has 0 aliphatic heterocycles. The van der Waals surface area contributed by atoms with Crippen molar-refractivity contribution in [3.63, 3.8) is 0 Å². The molecule has 1 heterocycles. The van der Waals surface area contributed by atoms with Gasteiger partial charge in [-0.05, 0) is 56.3 Å². The average Bonchev–Trinajstić information content (AvgIpc) is 3.21. The van der Waals surface area contributed by atoms with Crippen molar-refractivity contribution in [2.75, 3.05) is 0 Å². The zero-order valence-corrected chi connectivity index (χ0v) is 17.2. The minimum absolute atomic E-state index is 0.163. The first-order valence-corrected chi connectivity index (χ1v) is 9.51. The molecule has 1 atom stereocenters. The Morgan fingerprint density at radius 1 is 1.21 bits per heavy atom. The SMILES string of the molecule is CC(C)/[N+]([O-])=C/c1ccc(OC(C(=O)c2ccc(Cl)cc2Cl)n2cncn2)cc1. The van der Waals surface area contributed by atoms with Crippen molar-refractivity contribution in [1.82, 2.24) is 14.8 Å². The van der Waals surface area contributed by atoms with Gasteiger partial charge in [0.25, 0.3) is 6.23 Å². The van der Waals surface area contributed by atoms with Gasteiger partial charge in [0, 0.05) is 16.1 Å². The first kappa shape index (κ1) is 20.8. The smallest absolute Gasteiger partial charge is 0.256 e. The van der Waals surface area contributed by atoms with E-state index < -0.39 is 12.0 Å². The van der Waals surface area contributed by atoms with Gasteiger partial charge < -0.3 is 9.94 Å². The molecule has 0 N–H and O–H groups in total. The number of benzene rings is 2. The Balaban J connectivity index is 1.87. The van der Waals surface area contributed by atoms with Gasteiger partial charge in [0.1, 0.15) is 18.4 Å². The molecule has 1 unspecified atom stereocenters. The lowest BCUT2D eigenvalue weighted by Crippen LogP contribution is -2.26. The fourth-order valence-electron chi connectivity index (χ4n) is 2.45. The summed E-state index contributed by atoms with van der Waals surface area (Å²) in [5, 5.41) is 16.4. The van der Waals surface area contributed by atoms with Gasteiger partial charge in [-0.15, -0.1) is 0 Å². The molecule has 7 nitrogen and oxygen atoms in total. The van der Waals surface area contributed by atoms with Crippen molar-refractivity contribution < 1.29 is 14.3 Å². The Kier molecular flexibility index (Phi) is 6.51. The van der Waals surface area contributed by atoms with Crippen LogP contribution in [0.3, 0.4) is 0 Å². The van der Waals surface area contributed by atoms with Gasteiger partial charge in [-0.25, -0.2) is 14.4 Å². The predicted molar refractivity (Wildman–Crippen MR) is 111 cm³/mol. The first-order valence-electron chi connectivity index (χ1n) is 8.75. The number of carbonyl (C=O) groups is 1. The molecule has 0 saturated carbocycles. The van der Waals surface area contributed by atoms with Crippen LogP contribution in [0.2, 0.25) is 10.0 Å². The highest BCUT2D eigenvalue weighted by molar-refractivity contribution is 6.36. The van der Waals surface area contributed by atoms with Crippen LogP contribution in [0.5, 0.6) is 5.75 Å². The van der Waals surface area contributed by atoms with E-state index in [1.165, 1.54) is 35.7 Å². The Morgan fingerprint density at radius 3 is 2.52 bits per heavy atom. The third kappa shape index (κ3) is 5.13. The molecule has 0 aliphatic rings. The van der Waals surface area contributed by atoms with Gasteiger partial charge in [0.05, 0.1) is 5.02 Å². The zero-order chi connectivity index (χ0) is 21.0. The van der Waals surface area contributed by atoms with Gasteiger partial charge in [-0.3, -0.25) is 4.79 Å². The van der Waals surface area contributed by atoms with E-state index in [-0.39, 0.29) is 16.6 Å². The molecule has 3 aromatic rings. The van der Waals surface area contributed by atoms with Gasteiger partial charge in [-0.1, -0.05) is 23.2 Å². The highest BCUT2D eigenvalue weighted by Crippen LogP contribution is 2.26. The maximum atomic E-state index is 13.1. The molecule has 9 heteroatoms. The van der Waals surface area contributed by atoms with Gasteiger partial charge in [0.15, 0.2) is 12.3 Å². The summed E-state index contributed by atoms with van der Waals surface area (Å²) in [6.07, 6.45) is 3.06. The minimum atomic E-state index is -1.11. The summed E-state index contributed by atoms with van der Waals surface area (Å²) < 4.78 is 8.04. The van der Waals surface area contributed by atoms with Crippen molar-refractivity contribution in [2.45, 2.75) is 26.1 Å². The molecular weight excluding hydrogens is 415 g/mol. The van der Waals surface area contributed by atoms with Crippen LogP contribution in [0.15, 0.2) is 55.1 Å². The van der Waals surface area contributed by atoms with Crippen molar-refractivity contribution in [2.24, 2.45) is 0 Å². The number of carbonyl (C=O) groups excluding carboxylic acids is 1. The summed E-state index contributed by atoms with van der Waals surface area (Å²) in [5.41, 5.74) is 0.964. The molecule has 0 aliphatic carbocycles. The van der Waals surface area contributed by atoms with Gasteiger partial charge in [-0.2, -0.15) is 5.10 Å². The summed E-state index contributed by atoms with van der Waals surface area (Å²) in [5.74, 6) is 0.0152. The van der Waals surface area contributed by atoms with E-state index in [0.29, 0.717) is 16.3 Å². The lowest BCUT2D eigenvalue weighted by Gasteiger charge is -2.18.